The van der Waals surface area contributed by atoms with Gasteiger partial charge in [0.2, 0.25) is 0 Å². The summed E-state index contributed by atoms with van der Waals surface area (Å²) in [6.45, 7) is 19.3. The molecule has 29 heavy (non-hydrogen) atoms. The Balaban J connectivity index is 5.34. The van der Waals surface area contributed by atoms with Gasteiger partial charge in [-0.1, -0.05) is 52.0 Å². The van der Waals surface area contributed by atoms with Crippen molar-refractivity contribution in [2.75, 3.05) is 0 Å². The van der Waals surface area contributed by atoms with Crippen molar-refractivity contribution < 1.29 is 19.1 Å². The Kier molecular flexibility index (Phi) is 12.2. The summed E-state index contributed by atoms with van der Waals surface area (Å²) in [6, 6.07) is 0. The van der Waals surface area contributed by atoms with E-state index < -0.39 is 29.6 Å². The zero-order chi connectivity index (χ0) is 22.5. The first-order valence-electron chi connectivity index (χ1n) is 10.7. The second kappa shape index (κ2) is 13.2. The highest BCUT2D eigenvalue weighted by Crippen LogP contribution is 2.32. The largest absolute Gasteiger partial charge is 0.454 e. The average Bonchev–Trinajstić information content (AvgIpc) is 2.72. The zero-order valence-electron chi connectivity index (χ0n) is 19.3. The molecule has 0 fully saturated rings. The van der Waals surface area contributed by atoms with Crippen LogP contribution in [0.2, 0.25) is 0 Å². The molecule has 0 aromatic heterocycles. The predicted octanol–water partition coefficient (Wildman–Crippen LogP) is 6.63. The molecule has 0 aliphatic heterocycles. The van der Waals surface area contributed by atoms with Crippen molar-refractivity contribution >= 4 is 11.9 Å². The summed E-state index contributed by atoms with van der Waals surface area (Å²) >= 11 is 0. The first kappa shape index (κ1) is 26.9. The SMILES string of the molecule is C=CC/C=C(\C)C(CC)(CC)OC(=O)CC(=O)OC(CC)(CC)/C(C)=C/CC=C. The molecule has 4 heteroatoms. The van der Waals surface area contributed by atoms with Crippen molar-refractivity contribution in [1.29, 1.82) is 0 Å². The van der Waals surface area contributed by atoms with Gasteiger partial charge in [0, 0.05) is 0 Å². The Labute approximate surface area is 177 Å². The van der Waals surface area contributed by atoms with E-state index in [0.29, 0.717) is 38.5 Å². The monoisotopic (exact) mass is 404 g/mol. The van der Waals surface area contributed by atoms with E-state index in [-0.39, 0.29) is 0 Å². The number of rotatable bonds is 14. The summed E-state index contributed by atoms with van der Waals surface area (Å²) in [4.78, 5) is 25.1. The lowest BCUT2D eigenvalue weighted by Gasteiger charge is -2.34. The molecule has 0 heterocycles. The molecule has 0 saturated heterocycles. The molecule has 164 valence electrons. The Morgan fingerprint density at radius 1 is 0.724 bits per heavy atom. The van der Waals surface area contributed by atoms with Crippen LogP contribution in [0, 0.1) is 0 Å². The topological polar surface area (TPSA) is 52.6 Å². The molecule has 0 saturated carbocycles. The number of carbonyl (C=O) groups excluding carboxylic acids is 2. The second-order valence-corrected chi connectivity index (χ2v) is 7.35. The smallest absolute Gasteiger partial charge is 0.318 e. The van der Waals surface area contributed by atoms with E-state index in [9.17, 15) is 9.59 Å². The molecule has 0 aliphatic carbocycles. The number of hydrogen-bond acceptors (Lipinski definition) is 4. The van der Waals surface area contributed by atoms with E-state index in [4.69, 9.17) is 9.47 Å². The lowest BCUT2D eigenvalue weighted by atomic mass is 9.88. The molecule has 0 N–H and O–H groups in total. The van der Waals surface area contributed by atoms with Crippen LogP contribution in [0.25, 0.3) is 0 Å². The van der Waals surface area contributed by atoms with Gasteiger partial charge < -0.3 is 9.47 Å². The number of esters is 2. The fourth-order valence-electron chi connectivity index (χ4n) is 3.58. The summed E-state index contributed by atoms with van der Waals surface area (Å²) in [5, 5.41) is 0. The molecular formula is C25H40O4. The number of ether oxygens (including phenoxy) is 2. The van der Waals surface area contributed by atoms with Crippen LogP contribution in [0.1, 0.15) is 86.5 Å². The van der Waals surface area contributed by atoms with Crippen molar-refractivity contribution in [2.45, 2.75) is 97.7 Å². The summed E-state index contributed by atoms with van der Waals surface area (Å²) in [5.41, 5.74) is 0.548. The summed E-state index contributed by atoms with van der Waals surface area (Å²) in [5.74, 6) is -1.11. The molecular weight excluding hydrogens is 364 g/mol. The van der Waals surface area contributed by atoms with Gasteiger partial charge in [-0.3, -0.25) is 9.59 Å². The maximum absolute atomic E-state index is 12.6. The van der Waals surface area contributed by atoms with E-state index in [0.717, 1.165) is 11.1 Å². The minimum atomic E-state index is -0.702. The first-order chi connectivity index (χ1) is 13.7. The lowest BCUT2D eigenvalue weighted by molar-refractivity contribution is -0.168. The second-order valence-electron chi connectivity index (χ2n) is 7.35. The van der Waals surface area contributed by atoms with Crippen LogP contribution in [-0.4, -0.2) is 23.1 Å². The summed E-state index contributed by atoms with van der Waals surface area (Å²) in [6.07, 6.45) is 11.2. The Morgan fingerprint density at radius 2 is 1.03 bits per heavy atom. The quantitative estimate of drug-likeness (QED) is 0.185. The van der Waals surface area contributed by atoms with Crippen LogP contribution in [0.15, 0.2) is 48.6 Å². The molecule has 0 radical (unpaired) electrons. The summed E-state index contributed by atoms with van der Waals surface area (Å²) in [7, 11) is 0. The first-order valence-corrected chi connectivity index (χ1v) is 10.7. The number of allylic oxidation sites excluding steroid dienone is 4. The van der Waals surface area contributed by atoms with Gasteiger partial charge in [-0.2, -0.15) is 0 Å². The maximum Gasteiger partial charge on any atom is 0.318 e. The van der Waals surface area contributed by atoms with E-state index in [1.165, 1.54) is 0 Å². The van der Waals surface area contributed by atoms with E-state index in [1.807, 2.05) is 53.7 Å². The van der Waals surface area contributed by atoms with E-state index in [2.05, 4.69) is 13.2 Å². The lowest BCUT2D eigenvalue weighted by Crippen LogP contribution is -2.38. The molecule has 0 spiro atoms. The maximum atomic E-state index is 12.6. The molecule has 0 unspecified atom stereocenters. The van der Waals surface area contributed by atoms with E-state index in [1.54, 1.807) is 12.2 Å². The van der Waals surface area contributed by atoms with Crippen LogP contribution in [0.4, 0.5) is 0 Å². The van der Waals surface area contributed by atoms with Gasteiger partial charge in [-0.25, -0.2) is 0 Å². The van der Waals surface area contributed by atoms with Crippen molar-refractivity contribution in [1.82, 2.24) is 0 Å². The molecule has 0 aromatic carbocycles. The molecule has 0 bridgehead atoms. The van der Waals surface area contributed by atoms with Gasteiger partial charge in [0.15, 0.2) is 0 Å². The normalized spacial score (nSPS) is 13.0. The Bertz CT molecular complexity index is 563. The van der Waals surface area contributed by atoms with Gasteiger partial charge >= 0.3 is 11.9 Å². The highest BCUT2D eigenvalue weighted by atomic mass is 16.6. The Morgan fingerprint density at radius 3 is 1.28 bits per heavy atom. The standard InChI is InChI=1S/C25H40O4/c1-9-15-17-20(7)24(11-3,12-4)28-22(26)19-23(27)29-25(13-5,14-6)21(8)18-16-10-2/h9-10,17-18H,1-2,11-16,19H2,3-8H3/b20-17+,21-18+. The minimum absolute atomic E-state index is 0.396. The fourth-order valence-corrected chi connectivity index (χ4v) is 3.58. The predicted molar refractivity (Wildman–Crippen MR) is 121 cm³/mol. The highest BCUT2D eigenvalue weighted by Gasteiger charge is 2.36. The third-order valence-corrected chi connectivity index (χ3v) is 5.81. The zero-order valence-corrected chi connectivity index (χ0v) is 19.3. The minimum Gasteiger partial charge on any atom is -0.454 e. The van der Waals surface area contributed by atoms with Crippen LogP contribution >= 0.6 is 0 Å². The van der Waals surface area contributed by atoms with Crippen LogP contribution in [-0.2, 0) is 19.1 Å². The third kappa shape index (κ3) is 7.68. The molecule has 0 aromatic rings. The molecule has 0 rings (SSSR count). The van der Waals surface area contributed by atoms with Gasteiger partial charge in [-0.05, 0) is 63.5 Å². The van der Waals surface area contributed by atoms with Gasteiger partial charge in [0.05, 0.1) is 0 Å². The van der Waals surface area contributed by atoms with Crippen molar-refractivity contribution in [3.8, 4) is 0 Å². The van der Waals surface area contributed by atoms with Gasteiger partial charge in [-0.15, -0.1) is 13.2 Å². The van der Waals surface area contributed by atoms with Gasteiger partial charge in [0.25, 0.3) is 0 Å². The number of carbonyl (C=O) groups is 2. The third-order valence-electron chi connectivity index (χ3n) is 5.81. The Hall–Kier alpha value is -2.10. The van der Waals surface area contributed by atoms with E-state index >= 15 is 0 Å². The van der Waals surface area contributed by atoms with Crippen molar-refractivity contribution in [2.24, 2.45) is 0 Å². The molecule has 4 nitrogen and oxygen atoms in total. The van der Waals surface area contributed by atoms with Crippen molar-refractivity contribution in [3.05, 3.63) is 48.6 Å². The fraction of sp³-hybridized carbons (Fsp3) is 0.600. The number of hydrogen-bond donors (Lipinski definition) is 0. The molecule has 0 amide bonds. The average molecular weight is 405 g/mol. The van der Waals surface area contributed by atoms with Gasteiger partial charge in [0.1, 0.15) is 17.6 Å². The van der Waals surface area contributed by atoms with Crippen LogP contribution in [0.3, 0.4) is 0 Å². The highest BCUT2D eigenvalue weighted by molar-refractivity contribution is 5.91. The summed E-state index contributed by atoms with van der Waals surface area (Å²) < 4.78 is 11.6. The van der Waals surface area contributed by atoms with Crippen LogP contribution < -0.4 is 0 Å². The van der Waals surface area contributed by atoms with Crippen LogP contribution in [0.5, 0.6) is 0 Å². The van der Waals surface area contributed by atoms with Crippen molar-refractivity contribution in [3.63, 3.8) is 0 Å². The molecule has 0 atom stereocenters. The molecule has 0 aliphatic rings.